The van der Waals surface area contributed by atoms with Gasteiger partial charge in [0, 0.05) is 42.8 Å². The zero-order chi connectivity index (χ0) is 15.8. The van der Waals surface area contributed by atoms with Gasteiger partial charge in [0.1, 0.15) is 5.82 Å². The topological polar surface area (TPSA) is 36.4 Å². The van der Waals surface area contributed by atoms with Crippen LogP contribution in [0.25, 0.3) is 0 Å². The van der Waals surface area contributed by atoms with Crippen LogP contribution in [0, 0.1) is 17.8 Å². The van der Waals surface area contributed by atoms with Crippen LogP contribution >= 0.6 is 15.9 Å². The number of carbonyl (C=O) groups excluding carboxylic acids is 1. The van der Waals surface area contributed by atoms with Crippen molar-refractivity contribution >= 4 is 27.7 Å². The van der Waals surface area contributed by atoms with E-state index in [1.807, 2.05) is 18.3 Å². The molecule has 0 bridgehead atoms. The highest BCUT2D eigenvalue weighted by molar-refractivity contribution is 9.10. The Bertz CT molecular complexity index is 556. The van der Waals surface area contributed by atoms with Crippen molar-refractivity contribution in [1.29, 1.82) is 0 Å². The smallest absolute Gasteiger partial charge is 0.225 e. The van der Waals surface area contributed by atoms with Gasteiger partial charge in [-0.15, -0.1) is 0 Å². The molecule has 5 heteroatoms. The van der Waals surface area contributed by atoms with Crippen LogP contribution in [0.15, 0.2) is 22.8 Å². The highest BCUT2D eigenvalue weighted by Gasteiger charge is 2.40. The number of fused-ring (bicyclic) bond motifs is 1. The van der Waals surface area contributed by atoms with E-state index in [1.165, 1.54) is 19.3 Å². The van der Waals surface area contributed by atoms with Gasteiger partial charge in [-0.05, 0) is 65.6 Å². The largest absolute Gasteiger partial charge is 0.357 e. The summed E-state index contributed by atoms with van der Waals surface area (Å²) in [6.07, 6.45) is 7.81. The summed E-state index contributed by atoms with van der Waals surface area (Å²) in [5.74, 6) is 3.26. The van der Waals surface area contributed by atoms with Gasteiger partial charge in [-0.1, -0.05) is 6.42 Å². The van der Waals surface area contributed by atoms with E-state index >= 15 is 0 Å². The number of amides is 1. The second-order valence-electron chi connectivity index (χ2n) is 7.29. The molecular weight excluding hydrogens is 354 g/mol. The summed E-state index contributed by atoms with van der Waals surface area (Å²) < 4.78 is 1.01. The number of anilines is 1. The molecule has 23 heavy (non-hydrogen) atoms. The van der Waals surface area contributed by atoms with E-state index in [2.05, 4.69) is 30.7 Å². The quantitative estimate of drug-likeness (QED) is 0.792. The molecule has 0 N–H and O–H groups in total. The third-order valence-corrected chi connectivity index (χ3v) is 6.39. The Morgan fingerprint density at radius 1 is 1.09 bits per heavy atom. The fraction of sp³-hybridized carbons (Fsp3) is 0.667. The highest BCUT2D eigenvalue weighted by Crippen LogP contribution is 2.38. The van der Waals surface area contributed by atoms with Gasteiger partial charge in [-0.2, -0.15) is 0 Å². The molecule has 4 rings (SSSR count). The summed E-state index contributed by atoms with van der Waals surface area (Å²) in [4.78, 5) is 21.8. The molecule has 2 atom stereocenters. The van der Waals surface area contributed by atoms with Crippen LogP contribution in [0.2, 0.25) is 0 Å². The average Bonchev–Trinajstić information content (AvgIpc) is 3.17. The molecule has 3 fully saturated rings. The fourth-order valence-corrected chi connectivity index (χ4v) is 4.82. The lowest BCUT2D eigenvalue weighted by atomic mass is 9.95. The molecule has 3 aliphatic rings. The lowest BCUT2D eigenvalue weighted by molar-refractivity contribution is -0.135. The molecule has 3 heterocycles. The van der Waals surface area contributed by atoms with E-state index in [1.54, 1.807) is 0 Å². The van der Waals surface area contributed by atoms with Gasteiger partial charge in [0.15, 0.2) is 0 Å². The minimum atomic E-state index is 0.223. The zero-order valence-corrected chi connectivity index (χ0v) is 15.0. The number of piperidine rings is 1. The van der Waals surface area contributed by atoms with Gasteiger partial charge in [0.2, 0.25) is 5.91 Å². The fourth-order valence-electron chi connectivity index (χ4n) is 4.58. The van der Waals surface area contributed by atoms with Crippen molar-refractivity contribution < 1.29 is 4.79 Å². The van der Waals surface area contributed by atoms with Crippen LogP contribution in [-0.4, -0.2) is 42.0 Å². The normalized spacial score (nSPS) is 28.2. The third kappa shape index (κ3) is 3.12. The summed E-state index contributed by atoms with van der Waals surface area (Å²) in [7, 11) is 0. The number of nitrogens with zero attached hydrogens (tertiary/aromatic N) is 3. The predicted octanol–water partition coefficient (Wildman–Crippen LogP) is 3.32. The van der Waals surface area contributed by atoms with Crippen LogP contribution in [0.3, 0.4) is 0 Å². The second kappa shape index (κ2) is 6.42. The van der Waals surface area contributed by atoms with Crippen molar-refractivity contribution in [2.45, 2.75) is 32.1 Å². The van der Waals surface area contributed by atoms with Crippen LogP contribution < -0.4 is 4.90 Å². The van der Waals surface area contributed by atoms with E-state index < -0.39 is 0 Å². The molecule has 0 aromatic carbocycles. The van der Waals surface area contributed by atoms with Crippen molar-refractivity contribution in [1.82, 2.24) is 9.88 Å². The van der Waals surface area contributed by atoms with E-state index in [4.69, 9.17) is 0 Å². The maximum atomic E-state index is 12.8. The van der Waals surface area contributed by atoms with E-state index in [0.29, 0.717) is 5.91 Å². The average molecular weight is 378 g/mol. The second-order valence-corrected chi connectivity index (χ2v) is 8.21. The summed E-state index contributed by atoms with van der Waals surface area (Å²) in [6, 6.07) is 4.08. The molecule has 2 saturated heterocycles. The number of hydrogen-bond acceptors (Lipinski definition) is 3. The predicted molar refractivity (Wildman–Crippen MR) is 94.3 cm³/mol. The summed E-state index contributed by atoms with van der Waals surface area (Å²) >= 11 is 3.42. The number of rotatable bonds is 2. The van der Waals surface area contributed by atoms with Crippen molar-refractivity contribution in [3.63, 3.8) is 0 Å². The van der Waals surface area contributed by atoms with Gasteiger partial charge >= 0.3 is 0 Å². The van der Waals surface area contributed by atoms with E-state index in [-0.39, 0.29) is 5.92 Å². The Kier molecular flexibility index (Phi) is 4.31. The first-order chi connectivity index (χ1) is 11.2. The maximum Gasteiger partial charge on any atom is 0.225 e. The molecule has 0 radical (unpaired) electrons. The molecule has 1 amide bonds. The highest BCUT2D eigenvalue weighted by atomic mass is 79.9. The Balaban J connectivity index is 1.32. The summed E-state index contributed by atoms with van der Waals surface area (Å²) in [5.41, 5.74) is 0. The van der Waals surface area contributed by atoms with Gasteiger partial charge < -0.3 is 9.80 Å². The SMILES string of the molecule is O=C(C1CCN(c2ccc(Br)cn2)CC1)N1CC2CCCC2C1. The number of carbonyl (C=O) groups is 1. The van der Waals surface area contributed by atoms with Crippen LogP contribution in [0.5, 0.6) is 0 Å². The number of aromatic nitrogens is 1. The molecule has 1 aliphatic carbocycles. The van der Waals surface area contributed by atoms with E-state index in [9.17, 15) is 4.79 Å². The monoisotopic (exact) mass is 377 g/mol. The Labute approximate surface area is 146 Å². The first-order valence-corrected chi connectivity index (χ1v) is 9.65. The zero-order valence-electron chi connectivity index (χ0n) is 13.5. The maximum absolute atomic E-state index is 12.8. The Morgan fingerprint density at radius 2 is 1.78 bits per heavy atom. The minimum Gasteiger partial charge on any atom is -0.357 e. The van der Waals surface area contributed by atoms with E-state index in [0.717, 1.165) is 61.1 Å². The van der Waals surface area contributed by atoms with Gasteiger partial charge in [0.05, 0.1) is 0 Å². The van der Waals surface area contributed by atoms with Crippen LogP contribution in [0.1, 0.15) is 32.1 Å². The molecule has 1 aromatic heterocycles. The lowest BCUT2D eigenvalue weighted by Gasteiger charge is -2.34. The molecular formula is C18H24BrN3O. The first kappa shape index (κ1) is 15.4. The summed E-state index contributed by atoms with van der Waals surface area (Å²) in [6.45, 7) is 3.92. The number of hydrogen-bond donors (Lipinski definition) is 0. The van der Waals surface area contributed by atoms with Crippen LogP contribution in [-0.2, 0) is 4.79 Å². The molecule has 0 spiro atoms. The lowest BCUT2D eigenvalue weighted by Crippen LogP contribution is -2.42. The minimum absolute atomic E-state index is 0.223. The molecule has 4 nitrogen and oxygen atoms in total. The Morgan fingerprint density at radius 3 is 2.39 bits per heavy atom. The van der Waals surface area contributed by atoms with Gasteiger partial charge in [-0.3, -0.25) is 4.79 Å². The third-order valence-electron chi connectivity index (χ3n) is 5.92. The van der Waals surface area contributed by atoms with Crippen molar-refractivity contribution in [2.24, 2.45) is 17.8 Å². The molecule has 2 aliphatic heterocycles. The molecule has 2 unspecified atom stereocenters. The first-order valence-electron chi connectivity index (χ1n) is 8.86. The standard InChI is InChI=1S/C18H24BrN3O/c19-16-4-5-17(20-10-16)21-8-6-13(7-9-21)18(23)22-11-14-2-1-3-15(14)12-22/h4-5,10,13-15H,1-3,6-9,11-12H2. The van der Waals surface area contributed by atoms with Gasteiger partial charge in [-0.25, -0.2) is 4.98 Å². The number of likely N-dealkylation sites (tertiary alicyclic amines) is 1. The van der Waals surface area contributed by atoms with Crippen molar-refractivity contribution in [3.05, 3.63) is 22.8 Å². The molecule has 124 valence electrons. The van der Waals surface area contributed by atoms with Crippen molar-refractivity contribution in [3.8, 4) is 0 Å². The molecule has 1 aromatic rings. The number of pyridine rings is 1. The van der Waals surface area contributed by atoms with Crippen molar-refractivity contribution in [2.75, 3.05) is 31.1 Å². The van der Waals surface area contributed by atoms with Gasteiger partial charge in [0.25, 0.3) is 0 Å². The van der Waals surface area contributed by atoms with Crippen LogP contribution in [0.4, 0.5) is 5.82 Å². The Hall–Kier alpha value is -1.10. The summed E-state index contributed by atoms with van der Waals surface area (Å²) in [5, 5.41) is 0. The number of halogens is 1. The molecule has 1 saturated carbocycles.